The van der Waals surface area contributed by atoms with Crippen LogP contribution in [0, 0.1) is 0 Å². The van der Waals surface area contributed by atoms with Crippen molar-refractivity contribution in [1.29, 1.82) is 0 Å². The lowest BCUT2D eigenvalue weighted by atomic mass is 10.2. The normalized spacial score (nSPS) is 11.4. The second kappa shape index (κ2) is 8.88. The van der Waals surface area contributed by atoms with Crippen molar-refractivity contribution in [2.75, 3.05) is 10.9 Å². The maximum Gasteiger partial charge on any atom is 0.176 e. The molecular formula is C22H18N6O4. The maximum absolute atomic E-state index is 9.56. The van der Waals surface area contributed by atoms with E-state index in [-0.39, 0.29) is 23.0 Å². The Kier molecular flexibility index (Phi) is 5.66. The van der Waals surface area contributed by atoms with Crippen molar-refractivity contribution in [2.24, 2.45) is 10.2 Å². The lowest BCUT2D eigenvalue weighted by Crippen LogP contribution is -2.01. The Hall–Kier alpha value is -4.86. The van der Waals surface area contributed by atoms with Crippen molar-refractivity contribution in [3.63, 3.8) is 0 Å². The number of hydrazone groups is 2. The van der Waals surface area contributed by atoms with Crippen LogP contribution in [0.3, 0.4) is 0 Å². The molecule has 1 heterocycles. The number of phenolic OH excluding ortho intramolecular Hbond substituents is 4. The minimum atomic E-state index is -0.238. The number of fused-ring (bicyclic) bond motifs is 1. The van der Waals surface area contributed by atoms with Gasteiger partial charge < -0.3 is 20.4 Å². The zero-order valence-electron chi connectivity index (χ0n) is 16.5. The molecule has 4 rings (SSSR count). The van der Waals surface area contributed by atoms with E-state index in [1.165, 1.54) is 36.7 Å². The first kappa shape index (κ1) is 20.4. The van der Waals surface area contributed by atoms with Gasteiger partial charge in [-0.1, -0.05) is 24.3 Å². The summed E-state index contributed by atoms with van der Waals surface area (Å²) in [5.74, 6) is -0.0640. The Balaban J connectivity index is 1.53. The Bertz CT molecular complexity index is 1240. The number of aromatic nitrogens is 2. The number of benzene rings is 3. The Labute approximate surface area is 181 Å². The number of rotatable bonds is 6. The van der Waals surface area contributed by atoms with Crippen LogP contribution < -0.4 is 10.9 Å². The van der Waals surface area contributed by atoms with Crippen molar-refractivity contribution >= 4 is 34.8 Å². The van der Waals surface area contributed by atoms with E-state index in [1.807, 2.05) is 24.3 Å². The largest absolute Gasteiger partial charge is 0.504 e. The van der Waals surface area contributed by atoms with Gasteiger partial charge in [-0.25, -0.2) is 0 Å². The van der Waals surface area contributed by atoms with Crippen molar-refractivity contribution in [2.45, 2.75) is 0 Å². The fourth-order valence-corrected chi connectivity index (χ4v) is 2.85. The highest BCUT2D eigenvalue weighted by atomic mass is 16.3. The molecule has 0 aliphatic heterocycles. The lowest BCUT2D eigenvalue weighted by molar-refractivity contribution is 0.403. The fourth-order valence-electron chi connectivity index (χ4n) is 2.85. The van der Waals surface area contributed by atoms with Gasteiger partial charge in [0.2, 0.25) is 0 Å². The summed E-state index contributed by atoms with van der Waals surface area (Å²) in [4.78, 5) is 0. The van der Waals surface area contributed by atoms with Crippen LogP contribution in [0.4, 0.5) is 11.6 Å². The van der Waals surface area contributed by atoms with Gasteiger partial charge in [0.1, 0.15) is 0 Å². The van der Waals surface area contributed by atoms with Crippen LogP contribution >= 0.6 is 0 Å². The predicted octanol–water partition coefficient (Wildman–Crippen LogP) is 3.34. The smallest absolute Gasteiger partial charge is 0.176 e. The molecule has 32 heavy (non-hydrogen) atoms. The van der Waals surface area contributed by atoms with E-state index in [0.29, 0.717) is 22.8 Å². The second-order valence-electron chi connectivity index (χ2n) is 6.68. The average molecular weight is 430 g/mol. The molecule has 0 aliphatic rings. The first-order chi connectivity index (χ1) is 15.5. The molecular weight excluding hydrogens is 412 g/mol. The molecule has 10 heteroatoms. The molecule has 0 atom stereocenters. The fraction of sp³-hybridized carbons (Fsp3) is 0. The van der Waals surface area contributed by atoms with Crippen LogP contribution in [-0.4, -0.2) is 43.1 Å². The van der Waals surface area contributed by atoms with Gasteiger partial charge >= 0.3 is 0 Å². The molecule has 0 spiro atoms. The summed E-state index contributed by atoms with van der Waals surface area (Å²) in [6, 6.07) is 16.1. The van der Waals surface area contributed by atoms with Crippen LogP contribution in [0.2, 0.25) is 0 Å². The van der Waals surface area contributed by atoms with E-state index >= 15 is 0 Å². The van der Waals surface area contributed by atoms with E-state index < -0.39 is 0 Å². The van der Waals surface area contributed by atoms with Gasteiger partial charge in [-0.3, -0.25) is 10.9 Å². The van der Waals surface area contributed by atoms with E-state index in [9.17, 15) is 20.4 Å². The Morgan fingerprint density at radius 3 is 1.44 bits per heavy atom. The van der Waals surface area contributed by atoms with Crippen molar-refractivity contribution < 1.29 is 20.4 Å². The Morgan fingerprint density at radius 2 is 1.03 bits per heavy atom. The molecule has 0 saturated heterocycles. The third kappa shape index (κ3) is 4.49. The molecule has 0 unspecified atom stereocenters. The SMILES string of the molecule is Oc1ccc(C=NNc2nnc(N/N=C/c3ccc(O)c(O)c3)c3ccccc23)cc1O. The van der Waals surface area contributed by atoms with Gasteiger partial charge in [-0.05, 0) is 47.5 Å². The number of hydrogen-bond acceptors (Lipinski definition) is 10. The molecule has 160 valence electrons. The van der Waals surface area contributed by atoms with E-state index in [0.717, 1.165) is 10.8 Å². The third-order valence-electron chi connectivity index (χ3n) is 4.45. The number of hydrogen-bond donors (Lipinski definition) is 6. The van der Waals surface area contributed by atoms with Gasteiger partial charge in [0, 0.05) is 10.8 Å². The number of nitrogens with zero attached hydrogens (tertiary/aromatic N) is 4. The first-order valence-electron chi connectivity index (χ1n) is 9.39. The van der Waals surface area contributed by atoms with Gasteiger partial charge in [-0.2, -0.15) is 10.2 Å². The molecule has 3 aromatic carbocycles. The van der Waals surface area contributed by atoms with Gasteiger partial charge in [0.05, 0.1) is 12.4 Å². The van der Waals surface area contributed by atoms with Crippen molar-refractivity contribution in [1.82, 2.24) is 10.2 Å². The summed E-state index contributed by atoms with van der Waals surface area (Å²) < 4.78 is 0. The molecule has 0 bridgehead atoms. The minimum Gasteiger partial charge on any atom is -0.504 e. The highest BCUT2D eigenvalue weighted by Crippen LogP contribution is 2.27. The summed E-state index contributed by atoms with van der Waals surface area (Å²) >= 11 is 0. The highest BCUT2D eigenvalue weighted by Gasteiger charge is 2.08. The summed E-state index contributed by atoms with van der Waals surface area (Å²) in [6.07, 6.45) is 2.94. The van der Waals surface area contributed by atoms with E-state index in [2.05, 4.69) is 31.3 Å². The van der Waals surface area contributed by atoms with E-state index in [4.69, 9.17) is 0 Å². The predicted molar refractivity (Wildman–Crippen MR) is 122 cm³/mol. The minimum absolute atomic E-state index is 0.208. The summed E-state index contributed by atoms with van der Waals surface area (Å²) in [6.45, 7) is 0. The molecule has 0 amide bonds. The average Bonchev–Trinajstić information content (AvgIpc) is 2.79. The monoisotopic (exact) mass is 430 g/mol. The lowest BCUT2D eigenvalue weighted by Gasteiger charge is -2.08. The van der Waals surface area contributed by atoms with Crippen molar-refractivity contribution in [3.05, 3.63) is 71.8 Å². The summed E-state index contributed by atoms with van der Waals surface area (Å²) in [5, 5.41) is 55.9. The molecule has 0 aliphatic carbocycles. The van der Waals surface area contributed by atoms with Gasteiger partial charge in [-0.15, -0.1) is 10.2 Å². The Morgan fingerprint density at radius 1 is 0.594 bits per heavy atom. The molecule has 4 aromatic rings. The quantitative estimate of drug-likeness (QED) is 0.155. The van der Waals surface area contributed by atoms with E-state index in [1.54, 1.807) is 12.1 Å². The number of aromatic hydroxyl groups is 4. The highest BCUT2D eigenvalue weighted by molar-refractivity contribution is 5.98. The summed E-state index contributed by atoms with van der Waals surface area (Å²) in [7, 11) is 0. The maximum atomic E-state index is 9.56. The molecule has 10 nitrogen and oxygen atoms in total. The van der Waals surface area contributed by atoms with Crippen LogP contribution in [0.5, 0.6) is 23.0 Å². The van der Waals surface area contributed by atoms with Gasteiger partial charge in [0.25, 0.3) is 0 Å². The van der Waals surface area contributed by atoms with Crippen LogP contribution in [0.25, 0.3) is 10.8 Å². The van der Waals surface area contributed by atoms with Gasteiger partial charge in [0.15, 0.2) is 34.6 Å². The van der Waals surface area contributed by atoms with Crippen LogP contribution in [-0.2, 0) is 0 Å². The topological polar surface area (TPSA) is 155 Å². The molecule has 1 aromatic heterocycles. The third-order valence-corrected chi connectivity index (χ3v) is 4.45. The zero-order valence-corrected chi connectivity index (χ0v) is 16.5. The number of nitrogens with one attached hydrogen (secondary N) is 2. The summed E-state index contributed by atoms with van der Waals surface area (Å²) in [5.41, 5.74) is 6.81. The molecule has 0 saturated carbocycles. The van der Waals surface area contributed by atoms with Crippen LogP contribution in [0.15, 0.2) is 70.9 Å². The molecule has 0 radical (unpaired) electrons. The van der Waals surface area contributed by atoms with Crippen LogP contribution in [0.1, 0.15) is 11.1 Å². The standard InChI is InChI=1S/C22H18N6O4/c29-17-7-5-13(9-19(17)31)11-23-25-21-15-3-1-2-4-16(15)22(28-27-21)26-24-12-14-6-8-18(30)20(32)10-14/h1-12,29-32H,(H,25,27)(H,26,28)/b23-11+,24-12?. The second-order valence-corrected chi connectivity index (χ2v) is 6.68. The van der Waals surface area contributed by atoms with Crippen molar-refractivity contribution in [3.8, 4) is 23.0 Å². The first-order valence-corrected chi connectivity index (χ1v) is 9.39. The number of anilines is 2. The molecule has 6 N–H and O–H groups in total. The number of phenols is 4. The molecule has 0 fully saturated rings. The zero-order chi connectivity index (χ0) is 22.5.